The van der Waals surface area contributed by atoms with E-state index in [4.69, 9.17) is 4.74 Å². The topological polar surface area (TPSA) is 70.7 Å². The van der Waals surface area contributed by atoms with Gasteiger partial charge in [-0.05, 0) is 47.5 Å². The minimum atomic E-state index is -0.171. The summed E-state index contributed by atoms with van der Waals surface area (Å²) in [7, 11) is 0. The second-order valence-corrected chi connectivity index (χ2v) is 8.05. The Morgan fingerprint density at radius 3 is 2.44 bits per heavy atom. The average molecular weight is 432 g/mol. The number of nitrogens with one attached hydrogen (secondary N) is 2. The van der Waals surface area contributed by atoms with Crippen LogP contribution in [0.25, 0.3) is 10.8 Å². The molecule has 2 N–H and O–H groups in total. The molecule has 1 heterocycles. The second kappa shape index (κ2) is 10.3. The molecule has 3 aromatic rings. The van der Waals surface area contributed by atoms with E-state index in [0.29, 0.717) is 12.1 Å². The third kappa shape index (κ3) is 5.45. The summed E-state index contributed by atoms with van der Waals surface area (Å²) < 4.78 is 5.40. The van der Waals surface area contributed by atoms with Gasteiger partial charge >= 0.3 is 0 Å². The molecule has 0 saturated carbocycles. The van der Waals surface area contributed by atoms with Crippen LogP contribution in [0.15, 0.2) is 66.7 Å². The van der Waals surface area contributed by atoms with Gasteiger partial charge in [0.15, 0.2) is 0 Å². The van der Waals surface area contributed by atoms with Crippen LogP contribution in [0.3, 0.4) is 0 Å². The summed E-state index contributed by atoms with van der Waals surface area (Å²) in [5, 5.41) is 7.96. The van der Waals surface area contributed by atoms with Gasteiger partial charge in [0.05, 0.1) is 19.3 Å². The van der Waals surface area contributed by atoms with Gasteiger partial charge in [-0.1, -0.05) is 42.5 Å². The van der Waals surface area contributed by atoms with E-state index in [1.54, 1.807) is 6.07 Å². The van der Waals surface area contributed by atoms with E-state index in [1.165, 1.54) is 5.69 Å². The first-order chi connectivity index (χ1) is 15.6. The van der Waals surface area contributed by atoms with Crippen molar-refractivity contribution in [2.24, 2.45) is 0 Å². The van der Waals surface area contributed by atoms with Crippen molar-refractivity contribution < 1.29 is 14.3 Å². The van der Waals surface area contributed by atoms with Crippen LogP contribution in [0.2, 0.25) is 0 Å². The Kier molecular flexibility index (Phi) is 7.02. The Hall–Kier alpha value is -3.38. The van der Waals surface area contributed by atoms with Crippen molar-refractivity contribution in [1.82, 2.24) is 10.6 Å². The number of ether oxygens (including phenoxy) is 1. The highest BCUT2D eigenvalue weighted by Crippen LogP contribution is 2.20. The van der Waals surface area contributed by atoms with Crippen LogP contribution in [0.1, 0.15) is 35.3 Å². The zero-order valence-electron chi connectivity index (χ0n) is 18.3. The van der Waals surface area contributed by atoms with Crippen molar-refractivity contribution in [2.75, 3.05) is 37.7 Å². The molecular weight excluding hydrogens is 402 g/mol. The second-order valence-electron chi connectivity index (χ2n) is 8.05. The lowest BCUT2D eigenvalue weighted by molar-refractivity contribution is -0.121. The third-order valence-electron chi connectivity index (χ3n) is 5.80. The van der Waals surface area contributed by atoms with Crippen molar-refractivity contribution in [3.05, 3.63) is 77.9 Å². The fourth-order valence-corrected chi connectivity index (χ4v) is 3.91. The lowest BCUT2D eigenvalue weighted by atomic mass is 10.1. The van der Waals surface area contributed by atoms with Crippen LogP contribution in [0.4, 0.5) is 5.69 Å². The fraction of sp³-hybridized carbons (Fsp3) is 0.308. The minimum Gasteiger partial charge on any atom is -0.378 e. The summed E-state index contributed by atoms with van der Waals surface area (Å²) in [5.74, 6) is -0.260. The monoisotopic (exact) mass is 431 g/mol. The minimum absolute atomic E-state index is 0.0893. The van der Waals surface area contributed by atoms with Gasteiger partial charge in [-0.15, -0.1) is 0 Å². The largest absolute Gasteiger partial charge is 0.378 e. The molecule has 166 valence electrons. The zero-order chi connectivity index (χ0) is 22.3. The van der Waals surface area contributed by atoms with E-state index in [1.807, 2.05) is 43.3 Å². The van der Waals surface area contributed by atoms with E-state index in [0.717, 1.165) is 42.6 Å². The van der Waals surface area contributed by atoms with Crippen molar-refractivity contribution in [3.8, 4) is 0 Å². The van der Waals surface area contributed by atoms with Crippen LogP contribution in [0, 0.1) is 0 Å². The standard InChI is InChI=1S/C26H29N3O3/c1-19(20-8-10-24(11-9-20)29-14-16-32-17-15-29)28-25(30)12-13-27-26(31)23-7-6-21-4-2-3-5-22(21)18-23/h2-11,18-19H,12-17H2,1H3,(H,27,31)(H,28,30). The number of benzene rings is 3. The van der Waals surface area contributed by atoms with Gasteiger partial charge in [0.25, 0.3) is 5.91 Å². The Morgan fingerprint density at radius 2 is 1.69 bits per heavy atom. The summed E-state index contributed by atoms with van der Waals surface area (Å²) in [4.78, 5) is 27.1. The molecule has 1 atom stereocenters. The van der Waals surface area contributed by atoms with Crippen molar-refractivity contribution in [3.63, 3.8) is 0 Å². The molecule has 6 heteroatoms. The number of fused-ring (bicyclic) bond motifs is 1. The van der Waals surface area contributed by atoms with Gasteiger partial charge in [-0.25, -0.2) is 0 Å². The predicted molar refractivity (Wildman–Crippen MR) is 127 cm³/mol. The molecule has 4 rings (SSSR count). The molecule has 0 radical (unpaired) electrons. The summed E-state index contributed by atoms with van der Waals surface area (Å²) in [5.41, 5.74) is 2.82. The summed E-state index contributed by atoms with van der Waals surface area (Å²) in [6.45, 7) is 5.57. The molecule has 3 aromatic carbocycles. The highest BCUT2D eigenvalue weighted by Gasteiger charge is 2.14. The van der Waals surface area contributed by atoms with E-state index < -0.39 is 0 Å². The van der Waals surface area contributed by atoms with Gasteiger partial charge in [0, 0.05) is 37.3 Å². The molecule has 0 spiro atoms. The Balaban J connectivity index is 1.23. The molecule has 1 aliphatic rings. The van der Waals surface area contributed by atoms with E-state index in [-0.39, 0.29) is 24.3 Å². The van der Waals surface area contributed by atoms with Crippen molar-refractivity contribution in [2.45, 2.75) is 19.4 Å². The maximum atomic E-state index is 12.4. The zero-order valence-corrected chi connectivity index (χ0v) is 18.3. The molecule has 2 amide bonds. The third-order valence-corrected chi connectivity index (χ3v) is 5.80. The van der Waals surface area contributed by atoms with Gasteiger partial charge in [-0.2, -0.15) is 0 Å². The Labute approximate surface area is 188 Å². The quantitative estimate of drug-likeness (QED) is 0.599. The molecule has 32 heavy (non-hydrogen) atoms. The van der Waals surface area contributed by atoms with Gasteiger partial charge in [0.2, 0.25) is 5.91 Å². The number of hydrogen-bond donors (Lipinski definition) is 2. The van der Waals surface area contributed by atoms with Gasteiger partial charge in [0.1, 0.15) is 0 Å². The molecule has 0 aromatic heterocycles. The first kappa shape index (κ1) is 21.8. The van der Waals surface area contributed by atoms with Crippen LogP contribution in [-0.4, -0.2) is 44.7 Å². The normalized spacial score (nSPS) is 14.7. The molecule has 1 unspecified atom stereocenters. The maximum absolute atomic E-state index is 12.4. The number of hydrogen-bond acceptors (Lipinski definition) is 4. The number of morpholine rings is 1. The molecule has 6 nitrogen and oxygen atoms in total. The summed E-state index contributed by atoms with van der Waals surface area (Å²) in [6.07, 6.45) is 0.232. The molecule has 1 fully saturated rings. The average Bonchev–Trinajstić information content (AvgIpc) is 2.84. The van der Waals surface area contributed by atoms with Crippen LogP contribution < -0.4 is 15.5 Å². The van der Waals surface area contributed by atoms with Crippen LogP contribution in [-0.2, 0) is 9.53 Å². The Bertz CT molecular complexity index is 1080. The van der Waals surface area contributed by atoms with Crippen LogP contribution >= 0.6 is 0 Å². The Morgan fingerprint density at radius 1 is 0.969 bits per heavy atom. The number of carbonyl (C=O) groups is 2. The number of rotatable bonds is 7. The maximum Gasteiger partial charge on any atom is 0.251 e. The lowest BCUT2D eigenvalue weighted by Crippen LogP contribution is -2.36. The number of carbonyl (C=O) groups excluding carboxylic acids is 2. The first-order valence-corrected chi connectivity index (χ1v) is 11.1. The summed E-state index contributed by atoms with van der Waals surface area (Å²) >= 11 is 0. The molecule has 1 aliphatic heterocycles. The van der Waals surface area contributed by atoms with E-state index in [9.17, 15) is 9.59 Å². The first-order valence-electron chi connectivity index (χ1n) is 11.1. The fourth-order valence-electron chi connectivity index (χ4n) is 3.91. The molecule has 1 saturated heterocycles. The van der Waals surface area contributed by atoms with Gasteiger partial charge in [-0.3, -0.25) is 9.59 Å². The predicted octanol–water partition coefficient (Wildman–Crippen LogP) is 3.67. The number of nitrogens with zero attached hydrogens (tertiary/aromatic N) is 1. The molecule has 0 bridgehead atoms. The smallest absolute Gasteiger partial charge is 0.251 e. The molecule has 0 aliphatic carbocycles. The number of amides is 2. The van der Waals surface area contributed by atoms with Crippen molar-refractivity contribution in [1.29, 1.82) is 0 Å². The lowest BCUT2D eigenvalue weighted by Gasteiger charge is -2.29. The summed E-state index contributed by atoms with van der Waals surface area (Å²) in [6, 6.07) is 21.7. The van der Waals surface area contributed by atoms with Gasteiger partial charge < -0.3 is 20.3 Å². The van der Waals surface area contributed by atoms with Crippen LogP contribution in [0.5, 0.6) is 0 Å². The highest BCUT2D eigenvalue weighted by atomic mass is 16.5. The number of anilines is 1. The van der Waals surface area contributed by atoms with E-state index in [2.05, 4.69) is 39.8 Å². The molecular formula is C26H29N3O3. The highest BCUT2D eigenvalue weighted by molar-refractivity contribution is 5.98. The van der Waals surface area contributed by atoms with Crippen molar-refractivity contribution >= 4 is 28.3 Å². The SMILES string of the molecule is CC(NC(=O)CCNC(=O)c1ccc2ccccc2c1)c1ccc(N2CCOCC2)cc1. The van der Waals surface area contributed by atoms with E-state index >= 15 is 0 Å².